The van der Waals surface area contributed by atoms with E-state index in [-0.39, 0.29) is 5.91 Å². The van der Waals surface area contributed by atoms with Gasteiger partial charge in [-0.2, -0.15) is 0 Å². The van der Waals surface area contributed by atoms with Crippen LogP contribution in [-0.2, 0) is 17.7 Å². The second-order valence-electron chi connectivity index (χ2n) is 7.15. The van der Waals surface area contributed by atoms with E-state index >= 15 is 0 Å². The van der Waals surface area contributed by atoms with Gasteiger partial charge in [-0.05, 0) is 48.7 Å². The van der Waals surface area contributed by atoms with E-state index < -0.39 is 0 Å². The number of benzene rings is 1. The average molecular weight is 421 g/mol. The van der Waals surface area contributed by atoms with Gasteiger partial charge in [0.05, 0.1) is 26.4 Å². The van der Waals surface area contributed by atoms with Gasteiger partial charge in [0, 0.05) is 41.6 Å². The number of ether oxygens (including phenoxy) is 2. The third-order valence-corrected chi connectivity index (χ3v) is 6.53. The number of morpholine rings is 1. The van der Waals surface area contributed by atoms with Crippen molar-refractivity contribution in [3.63, 3.8) is 0 Å². The van der Waals surface area contributed by atoms with E-state index in [2.05, 4.69) is 11.0 Å². The number of nitrogens with zero attached hydrogens (tertiary/aromatic N) is 2. The average Bonchev–Trinajstić information content (AvgIpc) is 3.14. The first-order valence-corrected chi connectivity index (χ1v) is 11.0. The summed E-state index contributed by atoms with van der Waals surface area (Å²) in [4.78, 5) is 18.3. The van der Waals surface area contributed by atoms with Gasteiger partial charge in [0.15, 0.2) is 5.06 Å². The summed E-state index contributed by atoms with van der Waals surface area (Å²) in [7, 11) is 0. The molecule has 0 atom stereocenters. The smallest absolute Gasteiger partial charge is 0.254 e. The van der Waals surface area contributed by atoms with Crippen molar-refractivity contribution >= 4 is 28.8 Å². The second kappa shape index (κ2) is 9.27. The predicted octanol–water partition coefficient (Wildman–Crippen LogP) is 3.70. The molecule has 1 aromatic heterocycles. The fourth-order valence-electron chi connectivity index (χ4n) is 3.60. The van der Waals surface area contributed by atoms with Crippen molar-refractivity contribution in [3.8, 4) is 5.06 Å². The van der Waals surface area contributed by atoms with Crippen molar-refractivity contribution in [3.05, 3.63) is 51.4 Å². The normalized spacial score (nSPS) is 17.4. The molecule has 28 heavy (non-hydrogen) atoms. The zero-order chi connectivity index (χ0) is 19.3. The van der Waals surface area contributed by atoms with Crippen molar-refractivity contribution in [1.82, 2.24) is 9.80 Å². The largest absolute Gasteiger partial charge is 0.484 e. The van der Waals surface area contributed by atoms with Crippen LogP contribution in [0.5, 0.6) is 5.06 Å². The number of hydrogen-bond acceptors (Lipinski definition) is 5. The van der Waals surface area contributed by atoms with Crippen molar-refractivity contribution in [2.24, 2.45) is 0 Å². The Morgan fingerprint density at radius 1 is 1.18 bits per heavy atom. The summed E-state index contributed by atoms with van der Waals surface area (Å²) in [5.74, 6) is 0.0590. The molecule has 0 bridgehead atoms. The molecule has 1 aromatic carbocycles. The lowest BCUT2D eigenvalue weighted by molar-refractivity contribution is 0.0358. The van der Waals surface area contributed by atoms with Crippen molar-refractivity contribution in [2.45, 2.75) is 19.4 Å². The number of carbonyl (C=O) groups is 1. The maximum absolute atomic E-state index is 12.7. The third kappa shape index (κ3) is 4.87. The van der Waals surface area contributed by atoms with Gasteiger partial charge >= 0.3 is 0 Å². The van der Waals surface area contributed by atoms with Crippen LogP contribution in [0, 0.1) is 0 Å². The standard InChI is InChI=1S/C21H25ClN2O3S/c22-18-4-2-16(3-5-18)21(25)24-8-6-17-14-20(28-19(17)15-24)27-11-1-7-23-9-12-26-13-10-23/h2-5,14H,1,6-13,15H2. The molecule has 0 radical (unpaired) electrons. The van der Waals surface area contributed by atoms with Crippen LogP contribution in [0.15, 0.2) is 30.3 Å². The molecule has 0 spiro atoms. The molecule has 0 saturated carbocycles. The highest BCUT2D eigenvalue weighted by Gasteiger charge is 2.24. The maximum atomic E-state index is 12.7. The fourth-order valence-corrected chi connectivity index (χ4v) is 4.82. The Balaban J connectivity index is 1.28. The predicted molar refractivity (Wildman–Crippen MR) is 112 cm³/mol. The molecular weight excluding hydrogens is 396 g/mol. The molecule has 0 unspecified atom stereocenters. The van der Waals surface area contributed by atoms with Gasteiger partial charge in [0.25, 0.3) is 5.91 Å². The Labute approximate surface area is 174 Å². The number of carbonyl (C=O) groups excluding carboxylic acids is 1. The first-order valence-electron chi connectivity index (χ1n) is 9.78. The minimum atomic E-state index is 0.0590. The fraction of sp³-hybridized carbons (Fsp3) is 0.476. The van der Waals surface area contributed by atoms with E-state index in [0.29, 0.717) is 17.1 Å². The van der Waals surface area contributed by atoms with Gasteiger partial charge in [-0.3, -0.25) is 9.69 Å². The van der Waals surface area contributed by atoms with Gasteiger partial charge in [0.2, 0.25) is 0 Å². The Bertz CT molecular complexity index is 802. The van der Waals surface area contributed by atoms with Crippen LogP contribution in [0.4, 0.5) is 0 Å². The summed E-state index contributed by atoms with van der Waals surface area (Å²) in [6.07, 6.45) is 1.89. The molecule has 2 aromatic rings. The molecule has 150 valence electrons. The van der Waals surface area contributed by atoms with E-state index in [0.717, 1.165) is 63.9 Å². The summed E-state index contributed by atoms with van der Waals surface area (Å²) in [5, 5.41) is 1.61. The van der Waals surface area contributed by atoms with Gasteiger partial charge < -0.3 is 14.4 Å². The number of hydrogen-bond donors (Lipinski definition) is 0. The minimum Gasteiger partial charge on any atom is -0.484 e. The molecule has 7 heteroatoms. The first-order chi connectivity index (χ1) is 13.7. The summed E-state index contributed by atoms with van der Waals surface area (Å²) in [6, 6.07) is 9.25. The van der Waals surface area contributed by atoms with E-state index in [9.17, 15) is 4.79 Å². The van der Waals surface area contributed by atoms with Gasteiger partial charge in [0.1, 0.15) is 0 Å². The molecule has 1 amide bonds. The van der Waals surface area contributed by atoms with E-state index in [1.54, 1.807) is 35.6 Å². The molecule has 0 aliphatic carbocycles. The number of fused-ring (bicyclic) bond motifs is 1. The van der Waals surface area contributed by atoms with E-state index in [1.165, 1.54) is 10.4 Å². The molecule has 3 heterocycles. The summed E-state index contributed by atoms with van der Waals surface area (Å²) >= 11 is 7.59. The van der Waals surface area contributed by atoms with Crippen LogP contribution in [0.2, 0.25) is 5.02 Å². The Hall–Kier alpha value is -1.60. The molecule has 4 rings (SSSR count). The summed E-state index contributed by atoms with van der Waals surface area (Å²) in [5.41, 5.74) is 2.00. The summed E-state index contributed by atoms with van der Waals surface area (Å²) in [6.45, 7) is 6.88. The molecule has 2 aliphatic rings. The van der Waals surface area contributed by atoms with E-state index in [1.807, 2.05) is 4.90 Å². The minimum absolute atomic E-state index is 0.0590. The lowest BCUT2D eigenvalue weighted by atomic mass is 10.1. The number of thiophene rings is 1. The molecule has 0 N–H and O–H groups in total. The SMILES string of the molecule is O=C(c1ccc(Cl)cc1)N1CCc2cc(OCCCN3CCOCC3)sc2C1. The Morgan fingerprint density at radius 3 is 2.75 bits per heavy atom. The lowest BCUT2D eigenvalue weighted by Crippen LogP contribution is -2.37. The van der Waals surface area contributed by atoms with Crippen LogP contribution in [0.1, 0.15) is 27.2 Å². The zero-order valence-corrected chi connectivity index (χ0v) is 17.4. The topological polar surface area (TPSA) is 42.0 Å². The highest BCUT2D eigenvalue weighted by Crippen LogP contribution is 2.34. The Kier molecular flexibility index (Phi) is 6.52. The van der Waals surface area contributed by atoms with Crippen LogP contribution in [0.3, 0.4) is 0 Å². The van der Waals surface area contributed by atoms with Gasteiger partial charge in [-0.25, -0.2) is 0 Å². The second-order valence-corrected chi connectivity index (χ2v) is 8.69. The highest BCUT2D eigenvalue weighted by molar-refractivity contribution is 7.14. The third-order valence-electron chi connectivity index (χ3n) is 5.20. The lowest BCUT2D eigenvalue weighted by Gasteiger charge is -2.26. The highest BCUT2D eigenvalue weighted by atomic mass is 35.5. The molecule has 5 nitrogen and oxygen atoms in total. The van der Waals surface area contributed by atoms with Crippen LogP contribution < -0.4 is 4.74 Å². The van der Waals surface area contributed by atoms with Crippen LogP contribution in [-0.4, -0.2) is 61.7 Å². The first kappa shape index (κ1) is 19.7. The van der Waals surface area contributed by atoms with E-state index in [4.69, 9.17) is 21.1 Å². The molecule has 1 saturated heterocycles. The monoisotopic (exact) mass is 420 g/mol. The van der Waals surface area contributed by atoms with Crippen molar-refractivity contribution < 1.29 is 14.3 Å². The van der Waals surface area contributed by atoms with Crippen LogP contribution >= 0.6 is 22.9 Å². The van der Waals surface area contributed by atoms with Crippen molar-refractivity contribution in [1.29, 1.82) is 0 Å². The molecule has 2 aliphatic heterocycles. The van der Waals surface area contributed by atoms with Gasteiger partial charge in [-0.15, -0.1) is 11.3 Å². The molecule has 1 fully saturated rings. The van der Waals surface area contributed by atoms with Crippen molar-refractivity contribution in [2.75, 3.05) is 46.0 Å². The number of amides is 1. The number of rotatable bonds is 6. The summed E-state index contributed by atoms with van der Waals surface area (Å²) < 4.78 is 11.4. The quantitative estimate of drug-likeness (QED) is 0.668. The van der Waals surface area contributed by atoms with Crippen LogP contribution in [0.25, 0.3) is 0 Å². The zero-order valence-electron chi connectivity index (χ0n) is 15.9. The number of halogens is 1. The molecular formula is C21H25ClN2O3S. The Morgan fingerprint density at radius 2 is 1.96 bits per heavy atom. The maximum Gasteiger partial charge on any atom is 0.254 e. The van der Waals surface area contributed by atoms with Gasteiger partial charge in [-0.1, -0.05) is 11.6 Å².